The molecule has 124 valence electrons. The van der Waals surface area contributed by atoms with E-state index in [4.69, 9.17) is 9.57 Å². The van der Waals surface area contributed by atoms with Crippen LogP contribution in [0.3, 0.4) is 0 Å². The molecular weight excluding hydrogens is 292 g/mol. The van der Waals surface area contributed by atoms with E-state index in [2.05, 4.69) is 5.32 Å². The molecule has 1 atom stereocenters. The molecule has 0 radical (unpaired) electrons. The molecule has 1 heterocycles. The second-order valence-electron chi connectivity index (χ2n) is 6.36. The number of hydrogen-bond donors (Lipinski definition) is 1. The number of alkyl carbamates (subject to hydrolysis) is 1. The lowest BCUT2D eigenvalue weighted by Crippen LogP contribution is -2.49. The first-order valence-corrected chi connectivity index (χ1v) is 7.08. The van der Waals surface area contributed by atoms with Gasteiger partial charge in [0.2, 0.25) is 0 Å². The van der Waals surface area contributed by atoms with E-state index in [1.54, 1.807) is 34.6 Å². The largest absolute Gasteiger partial charge is 0.444 e. The van der Waals surface area contributed by atoms with Gasteiger partial charge >= 0.3 is 12.1 Å². The molecule has 0 aromatic carbocycles. The average Bonchev–Trinajstić information content (AvgIpc) is 2.65. The van der Waals surface area contributed by atoms with Gasteiger partial charge in [-0.3, -0.25) is 9.59 Å². The van der Waals surface area contributed by atoms with Crippen molar-refractivity contribution in [2.75, 3.05) is 0 Å². The molecule has 1 aliphatic heterocycles. The number of ether oxygens (including phenoxy) is 1. The maximum Gasteiger partial charge on any atom is 0.408 e. The van der Waals surface area contributed by atoms with Crippen molar-refractivity contribution >= 4 is 23.9 Å². The Kier molecular flexibility index (Phi) is 5.51. The summed E-state index contributed by atoms with van der Waals surface area (Å²) in [5.41, 5.74) is -0.712. The Morgan fingerprint density at radius 3 is 2.05 bits per heavy atom. The van der Waals surface area contributed by atoms with E-state index >= 15 is 0 Å². The monoisotopic (exact) mass is 314 g/mol. The zero-order chi connectivity index (χ0) is 17.1. The Balaban J connectivity index is 2.70. The van der Waals surface area contributed by atoms with Crippen LogP contribution < -0.4 is 5.32 Å². The number of imide groups is 1. The molecule has 0 bridgehead atoms. The highest BCUT2D eigenvalue weighted by Crippen LogP contribution is 2.15. The van der Waals surface area contributed by atoms with Crippen molar-refractivity contribution in [1.82, 2.24) is 10.4 Å². The van der Waals surface area contributed by atoms with Gasteiger partial charge in [0, 0.05) is 12.8 Å². The number of rotatable bonds is 4. The molecule has 1 saturated heterocycles. The van der Waals surface area contributed by atoms with Crippen LogP contribution in [0.1, 0.15) is 47.5 Å². The van der Waals surface area contributed by atoms with Crippen LogP contribution in [0.5, 0.6) is 0 Å². The Hall–Kier alpha value is -2.12. The van der Waals surface area contributed by atoms with E-state index in [1.807, 2.05) is 0 Å². The van der Waals surface area contributed by atoms with Crippen LogP contribution >= 0.6 is 0 Å². The van der Waals surface area contributed by atoms with Crippen LogP contribution in [0.15, 0.2) is 0 Å². The second kappa shape index (κ2) is 6.76. The van der Waals surface area contributed by atoms with Crippen LogP contribution in [0, 0.1) is 5.92 Å². The van der Waals surface area contributed by atoms with Gasteiger partial charge in [-0.25, -0.2) is 9.59 Å². The predicted octanol–water partition coefficient (Wildman–Crippen LogP) is 1.14. The van der Waals surface area contributed by atoms with Gasteiger partial charge in [0.1, 0.15) is 11.6 Å². The van der Waals surface area contributed by atoms with Gasteiger partial charge in [0.15, 0.2) is 0 Å². The van der Waals surface area contributed by atoms with Crippen LogP contribution in [0.4, 0.5) is 4.79 Å². The number of amides is 3. The normalized spacial score (nSPS) is 16.7. The molecule has 1 unspecified atom stereocenters. The SMILES string of the molecule is CC(C)C(NC(=O)OC(C)(C)C)C(=O)ON1C(=O)CCC1=O. The summed E-state index contributed by atoms with van der Waals surface area (Å²) in [6.45, 7) is 8.46. The van der Waals surface area contributed by atoms with E-state index in [-0.39, 0.29) is 18.8 Å². The summed E-state index contributed by atoms with van der Waals surface area (Å²) < 4.78 is 5.08. The highest BCUT2D eigenvalue weighted by Gasteiger charge is 2.36. The molecule has 0 aromatic heterocycles. The summed E-state index contributed by atoms with van der Waals surface area (Å²) in [6, 6.07) is -1.03. The Morgan fingerprint density at radius 2 is 1.64 bits per heavy atom. The molecule has 1 rings (SSSR count). The third-order valence-corrected chi connectivity index (χ3v) is 2.78. The molecular formula is C14H22N2O6. The molecule has 0 spiro atoms. The zero-order valence-corrected chi connectivity index (χ0v) is 13.5. The molecule has 1 fully saturated rings. The summed E-state index contributed by atoms with van der Waals surface area (Å²) in [4.78, 5) is 51.5. The van der Waals surface area contributed by atoms with Crippen molar-refractivity contribution in [2.45, 2.75) is 59.1 Å². The lowest BCUT2D eigenvalue weighted by molar-refractivity contribution is -0.199. The molecule has 1 aliphatic rings. The standard InChI is InChI=1S/C14H22N2O6/c1-8(2)11(15-13(20)21-14(3,4)5)12(19)22-16-9(17)6-7-10(16)18/h8,11H,6-7H2,1-5H3,(H,15,20). The molecule has 8 heteroatoms. The van der Waals surface area contributed by atoms with Gasteiger partial charge in [-0.2, -0.15) is 0 Å². The molecule has 3 amide bonds. The quantitative estimate of drug-likeness (QED) is 0.781. The van der Waals surface area contributed by atoms with Gasteiger partial charge in [0.25, 0.3) is 11.8 Å². The molecule has 0 saturated carbocycles. The fourth-order valence-corrected chi connectivity index (χ4v) is 1.74. The lowest BCUT2D eigenvalue weighted by atomic mass is 10.1. The van der Waals surface area contributed by atoms with E-state index in [9.17, 15) is 19.2 Å². The highest BCUT2D eigenvalue weighted by atomic mass is 16.7. The van der Waals surface area contributed by atoms with Gasteiger partial charge < -0.3 is 14.9 Å². The van der Waals surface area contributed by atoms with Crippen molar-refractivity contribution in [3.63, 3.8) is 0 Å². The van der Waals surface area contributed by atoms with Gasteiger partial charge in [-0.1, -0.05) is 13.8 Å². The van der Waals surface area contributed by atoms with E-state index in [0.717, 1.165) is 0 Å². The summed E-state index contributed by atoms with van der Waals surface area (Å²) >= 11 is 0. The minimum absolute atomic E-state index is 0.0119. The number of nitrogens with one attached hydrogen (secondary N) is 1. The topological polar surface area (TPSA) is 102 Å². The third-order valence-electron chi connectivity index (χ3n) is 2.78. The summed E-state index contributed by atoms with van der Waals surface area (Å²) in [6.07, 6.45) is -0.752. The van der Waals surface area contributed by atoms with Gasteiger partial charge in [-0.05, 0) is 26.7 Å². The van der Waals surface area contributed by atoms with Crippen LogP contribution in [0.25, 0.3) is 0 Å². The first-order chi connectivity index (χ1) is 10.0. The Bertz CT molecular complexity index is 464. The van der Waals surface area contributed by atoms with Gasteiger partial charge in [-0.15, -0.1) is 5.06 Å². The van der Waals surface area contributed by atoms with Crippen LogP contribution in [-0.2, 0) is 24.0 Å². The van der Waals surface area contributed by atoms with Crippen molar-refractivity contribution in [2.24, 2.45) is 5.92 Å². The lowest BCUT2D eigenvalue weighted by Gasteiger charge is -2.25. The van der Waals surface area contributed by atoms with Gasteiger partial charge in [0.05, 0.1) is 0 Å². The number of carbonyl (C=O) groups excluding carboxylic acids is 4. The summed E-state index contributed by atoms with van der Waals surface area (Å²) in [5.74, 6) is -2.34. The van der Waals surface area contributed by atoms with E-state index in [0.29, 0.717) is 5.06 Å². The molecule has 0 aromatic rings. The van der Waals surface area contributed by atoms with E-state index in [1.165, 1.54) is 0 Å². The zero-order valence-electron chi connectivity index (χ0n) is 13.5. The maximum absolute atomic E-state index is 12.1. The summed E-state index contributed by atoms with van der Waals surface area (Å²) in [5, 5.41) is 2.84. The number of hydroxylamine groups is 2. The van der Waals surface area contributed by atoms with Crippen molar-refractivity contribution < 1.29 is 28.8 Å². The first-order valence-electron chi connectivity index (χ1n) is 7.08. The van der Waals surface area contributed by atoms with Crippen molar-refractivity contribution in [3.8, 4) is 0 Å². The average molecular weight is 314 g/mol. The minimum atomic E-state index is -1.03. The predicted molar refractivity (Wildman–Crippen MR) is 75.2 cm³/mol. The molecule has 8 nitrogen and oxygen atoms in total. The van der Waals surface area contributed by atoms with Crippen LogP contribution in [-0.4, -0.2) is 40.6 Å². The smallest absolute Gasteiger partial charge is 0.408 e. The van der Waals surface area contributed by atoms with Crippen molar-refractivity contribution in [1.29, 1.82) is 0 Å². The molecule has 22 heavy (non-hydrogen) atoms. The number of nitrogens with zero attached hydrogens (tertiary/aromatic N) is 1. The van der Waals surface area contributed by atoms with Crippen molar-refractivity contribution in [3.05, 3.63) is 0 Å². The highest BCUT2D eigenvalue weighted by molar-refractivity contribution is 6.01. The second-order valence-corrected chi connectivity index (χ2v) is 6.36. The van der Waals surface area contributed by atoms with Crippen LogP contribution in [0.2, 0.25) is 0 Å². The number of hydrogen-bond acceptors (Lipinski definition) is 6. The summed E-state index contributed by atoms with van der Waals surface area (Å²) in [7, 11) is 0. The van der Waals surface area contributed by atoms with E-state index < -0.39 is 35.5 Å². The Labute approximate surface area is 129 Å². The number of carbonyl (C=O) groups is 4. The Morgan fingerprint density at radius 1 is 1.14 bits per heavy atom. The maximum atomic E-state index is 12.1. The molecule has 0 aliphatic carbocycles. The fraction of sp³-hybridized carbons (Fsp3) is 0.714. The first kappa shape index (κ1) is 17.9. The fourth-order valence-electron chi connectivity index (χ4n) is 1.74. The molecule has 1 N–H and O–H groups in total. The third kappa shape index (κ3) is 5.01. The minimum Gasteiger partial charge on any atom is -0.444 e.